The Labute approximate surface area is 116 Å². The summed E-state index contributed by atoms with van der Waals surface area (Å²) in [6.45, 7) is 2.79. The molecule has 0 saturated carbocycles. The van der Waals surface area contributed by atoms with Crippen molar-refractivity contribution in [2.75, 3.05) is 5.32 Å². The molecule has 1 atom stereocenters. The molecule has 0 aliphatic heterocycles. The van der Waals surface area contributed by atoms with Crippen molar-refractivity contribution in [1.29, 1.82) is 0 Å². The van der Waals surface area contributed by atoms with Gasteiger partial charge in [-0.2, -0.15) is 0 Å². The molecule has 1 heterocycles. The lowest BCUT2D eigenvalue weighted by atomic mass is 10.2. The van der Waals surface area contributed by atoms with Crippen LogP contribution < -0.4 is 11.1 Å². The molecule has 0 aliphatic rings. The number of rotatable bonds is 6. The van der Waals surface area contributed by atoms with Crippen LogP contribution in [0.15, 0.2) is 36.8 Å². The third-order valence-electron chi connectivity index (χ3n) is 2.94. The average Bonchev–Trinajstić information content (AvgIpc) is 2.86. The average molecular weight is 276 g/mol. The predicted octanol–water partition coefficient (Wildman–Crippen LogP) is 2.07. The first-order valence-corrected chi connectivity index (χ1v) is 6.43. The zero-order valence-corrected chi connectivity index (χ0v) is 11.2. The first-order chi connectivity index (χ1) is 9.61. The lowest BCUT2D eigenvalue weighted by molar-refractivity contribution is -0.119. The van der Waals surface area contributed by atoms with Crippen molar-refractivity contribution < 1.29 is 9.18 Å². The lowest BCUT2D eigenvalue weighted by Gasteiger charge is -2.18. The van der Waals surface area contributed by atoms with Gasteiger partial charge >= 0.3 is 0 Å². The van der Waals surface area contributed by atoms with Gasteiger partial charge in [-0.3, -0.25) is 4.79 Å². The normalized spacial score (nSPS) is 12.1. The molecule has 1 unspecified atom stereocenters. The molecule has 0 radical (unpaired) electrons. The van der Waals surface area contributed by atoms with Crippen LogP contribution in [0.2, 0.25) is 0 Å². The summed E-state index contributed by atoms with van der Waals surface area (Å²) in [6, 6.07) is 5.07. The number of hydrogen-bond donors (Lipinski definition) is 2. The zero-order valence-electron chi connectivity index (χ0n) is 11.2. The molecule has 0 saturated heterocycles. The second-order valence-electron chi connectivity index (χ2n) is 4.50. The van der Waals surface area contributed by atoms with Crippen LogP contribution in [0.3, 0.4) is 0 Å². The number of halogens is 1. The molecule has 6 heteroatoms. The topological polar surface area (TPSA) is 72.9 Å². The Hall–Kier alpha value is -2.37. The molecule has 0 fully saturated rings. The summed E-state index contributed by atoms with van der Waals surface area (Å²) in [7, 11) is 0. The summed E-state index contributed by atoms with van der Waals surface area (Å²) in [4.78, 5) is 15.7. The Morgan fingerprint density at radius 2 is 2.15 bits per heavy atom. The van der Waals surface area contributed by atoms with E-state index < -0.39 is 11.9 Å². The van der Waals surface area contributed by atoms with E-state index in [0.717, 1.165) is 13.0 Å². The van der Waals surface area contributed by atoms with Crippen LogP contribution in [0.4, 0.5) is 10.1 Å². The van der Waals surface area contributed by atoms with Gasteiger partial charge in [0.25, 0.3) is 0 Å². The molecule has 1 amide bonds. The number of amides is 1. The minimum absolute atomic E-state index is 0.331. The van der Waals surface area contributed by atoms with Crippen LogP contribution in [-0.2, 0) is 11.3 Å². The van der Waals surface area contributed by atoms with Gasteiger partial charge in [-0.1, -0.05) is 6.92 Å². The van der Waals surface area contributed by atoms with Crippen molar-refractivity contribution in [3.63, 3.8) is 0 Å². The fourth-order valence-electron chi connectivity index (χ4n) is 2.00. The molecule has 0 bridgehead atoms. The number of hydrogen-bond acceptors (Lipinski definition) is 3. The molecular weight excluding hydrogens is 259 g/mol. The highest BCUT2D eigenvalue weighted by atomic mass is 19.1. The van der Waals surface area contributed by atoms with E-state index >= 15 is 0 Å². The summed E-state index contributed by atoms with van der Waals surface area (Å²) < 4.78 is 14.8. The van der Waals surface area contributed by atoms with Crippen LogP contribution in [0, 0.1) is 5.82 Å². The molecule has 3 N–H and O–H groups in total. The van der Waals surface area contributed by atoms with E-state index in [1.165, 1.54) is 12.1 Å². The SMILES string of the molecule is CCCn1cncc1C(Nc1ccc(F)cc1)C(N)=O. The zero-order chi connectivity index (χ0) is 14.5. The molecule has 0 aliphatic carbocycles. The van der Waals surface area contributed by atoms with E-state index in [-0.39, 0.29) is 5.82 Å². The van der Waals surface area contributed by atoms with E-state index in [4.69, 9.17) is 5.73 Å². The Morgan fingerprint density at radius 3 is 2.75 bits per heavy atom. The molecule has 1 aromatic heterocycles. The van der Waals surface area contributed by atoms with Crippen molar-refractivity contribution in [1.82, 2.24) is 9.55 Å². The predicted molar refractivity (Wildman–Crippen MR) is 74.5 cm³/mol. The summed E-state index contributed by atoms with van der Waals surface area (Å²) in [6.07, 6.45) is 4.20. The fourth-order valence-corrected chi connectivity index (χ4v) is 2.00. The van der Waals surface area contributed by atoms with Crippen LogP contribution in [0.5, 0.6) is 0 Å². The second kappa shape index (κ2) is 6.18. The van der Waals surface area contributed by atoms with Gasteiger partial charge in [0, 0.05) is 12.2 Å². The highest BCUT2D eigenvalue weighted by Gasteiger charge is 2.21. The lowest BCUT2D eigenvalue weighted by Crippen LogP contribution is -2.29. The number of nitrogens with one attached hydrogen (secondary N) is 1. The molecule has 20 heavy (non-hydrogen) atoms. The molecule has 5 nitrogen and oxygen atoms in total. The number of aromatic nitrogens is 2. The van der Waals surface area contributed by atoms with Gasteiger partial charge in [0.15, 0.2) is 0 Å². The number of carbonyl (C=O) groups excluding carboxylic acids is 1. The van der Waals surface area contributed by atoms with Crippen LogP contribution in [-0.4, -0.2) is 15.5 Å². The third-order valence-corrected chi connectivity index (χ3v) is 2.94. The second-order valence-corrected chi connectivity index (χ2v) is 4.50. The number of benzene rings is 1. The van der Waals surface area contributed by atoms with Crippen LogP contribution >= 0.6 is 0 Å². The molecule has 106 valence electrons. The van der Waals surface area contributed by atoms with Crippen LogP contribution in [0.1, 0.15) is 25.1 Å². The summed E-state index contributed by atoms with van der Waals surface area (Å²) in [5.74, 6) is -0.839. The standard InChI is InChI=1S/C14H17FN4O/c1-2-7-19-9-17-8-12(19)13(14(16)20)18-11-5-3-10(15)4-6-11/h3-6,8-9,13,18H,2,7H2,1H3,(H2,16,20). The first kappa shape index (κ1) is 14.0. The highest BCUT2D eigenvalue weighted by molar-refractivity contribution is 5.84. The molecule has 0 spiro atoms. The van der Waals surface area contributed by atoms with Crippen molar-refractivity contribution >= 4 is 11.6 Å². The fraction of sp³-hybridized carbons (Fsp3) is 0.286. The molecule has 1 aromatic carbocycles. The largest absolute Gasteiger partial charge is 0.369 e. The van der Waals surface area contributed by atoms with E-state index in [1.807, 2.05) is 11.5 Å². The highest BCUT2D eigenvalue weighted by Crippen LogP contribution is 2.20. The van der Waals surface area contributed by atoms with E-state index in [0.29, 0.717) is 11.4 Å². The third kappa shape index (κ3) is 3.14. The first-order valence-electron chi connectivity index (χ1n) is 6.43. The molecule has 2 aromatic rings. The Balaban J connectivity index is 2.25. The number of anilines is 1. The van der Waals surface area contributed by atoms with Gasteiger partial charge in [-0.25, -0.2) is 9.37 Å². The van der Waals surface area contributed by atoms with Gasteiger partial charge < -0.3 is 15.6 Å². The van der Waals surface area contributed by atoms with E-state index in [1.54, 1.807) is 24.7 Å². The van der Waals surface area contributed by atoms with Gasteiger partial charge in [-0.15, -0.1) is 0 Å². The minimum atomic E-state index is -0.700. The maximum Gasteiger partial charge on any atom is 0.246 e. The molecule has 2 rings (SSSR count). The number of primary amides is 1. The number of nitrogens with two attached hydrogens (primary N) is 1. The number of imidazole rings is 1. The Morgan fingerprint density at radius 1 is 1.45 bits per heavy atom. The van der Waals surface area contributed by atoms with Gasteiger partial charge in [0.1, 0.15) is 11.9 Å². The maximum atomic E-state index is 12.9. The van der Waals surface area contributed by atoms with Crippen molar-refractivity contribution in [2.24, 2.45) is 5.73 Å². The smallest absolute Gasteiger partial charge is 0.246 e. The Kier molecular flexibility index (Phi) is 4.34. The minimum Gasteiger partial charge on any atom is -0.369 e. The summed E-state index contributed by atoms with van der Waals surface area (Å²) in [5.41, 5.74) is 6.78. The van der Waals surface area contributed by atoms with Crippen LogP contribution in [0.25, 0.3) is 0 Å². The van der Waals surface area contributed by atoms with Gasteiger partial charge in [0.05, 0.1) is 18.2 Å². The summed E-state index contributed by atoms with van der Waals surface area (Å²) in [5, 5.41) is 3.00. The van der Waals surface area contributed by atoms with Gasteiger partial charge in [-0.05, 0) is 30.7 Å². The Bertz CT molecular complexity index is 579. The van der Waals surface area contributed by atoms with E-state index in [2.05, 4.69) is 10.3 Å². The van der Waals surface area contributed by atoms with Crippen molar-refractivity contribution in [3.8, 4) is 0 Å². The van der Waals surface area contributed by atoms with Crippen molar-refractivity contribution in [3.05, 3.63) is 48.3 Å². The summed E-state index contributed by atoms with van der Waals surface area (Å²) >= 11 is 0. The number of aryl methyl sites for hydroxylation is 1. The van der Waals surface area contributed by atoms with Crippen molar-refractivity contribution in [2.45, 2.75) is 25.9 Å². The number of carbonyl (C=O) groups is 1. The quantitative estimate of drug-likeness (QED) is 0.848. The maximum absolute atomic E-state index is 12.9. The van der Waals surface area contributed by atoms with E-state index in [9.17, 15) is 9.18 Å². The molecular formula is C14H17FN4O. The number of nitrogens with zero attached hydrogens (tertiary/aromatic N) is 2. The van der Waals surface area contributed by atoms with Gasteiger partial charge in [0.2, 0.25) is 5.91 Å². The monoisotopic (exact) mass is 276 g/mol.